The molecule has 0 radical (unpaired) electrons. The second-order valence-corrected chi connectivity index (χ2v) is 36.0. The molecule has 1 unspecified atom stereocenters. The van der Waals surface area contributed by atoms with Gasteiger partial charge in [-0.25, -0.2) is 89.7 Å². The van der Waals surface area contributed by atoms with Crippen LogP contribution >= 0.6 is 0 Å². The molecule has 0 bridgehead atoms. The summed E-state index contributed by atoms with van der Waals surface area (Å²) in [5.74, 6) is 14.1. The quantitative estimate of drug-likeness (QED) is 0.0337. The maximum absolute atomic E-state index is 6.19. The number of aromatic nitrogens is 24. The van der Waals surface area contributed by atoms with E-state index in [1.54, 1.807) is 25.3 Å². The molecule has 38 heteroatoms. The molecule has 18 N–H and O–H groups in total. The molecule has 0 amide bonds. The number of anilines is 12. The van der Waals surface area contributed by atoms with E-state index in [1.807, 2.05) is 133 Å². The van der Waals surface area contributed by atoms with Crippen molar-refractivity contribution in [2.24, 2.45) is 23.7 Å². The number of imidazole rings is 6. The third-order valence-corrected chi connectivity index (χ3v) is 24.5. The Morgan fingerprint density at radius 2 is 0.642 bits per heavy atom. The highest BCUT2D eigenvalue weighted by molar-refractivity contribution is 5.87. The van der Waals surface area contributed by atoms with Crippen LogP contribution in [0, 0.1) is 92.9 Å². The van der Waals surface area contributed by atoms with Gasteiger partial charge in [-0.1, -0.05) is 39.8 Å². The summed E-state index contributed by atoms with van der Waals surface area (Å²) < 4.78 is 11.2. The van der Waals surface area contributed by atoms with Crippen LogP contribution in [0.2, 0.25) is 0 Å². The molecule has 20 rings (SSSR count). The van der Waals surface area contributed by atoms with E-state index in [9.17, 15) is 0 Å². The van der Waals surface area contributed by atoms with Crippen molar-refractivity contribution >= 4 is 137 Å². The Kier molecular flexibility index (Phi) is 29.5. The fourth-order valence-electron chi connectivity index (χ4n) is 16.4. The first-order valence-electron chi connectivity index (χ1n) is 45.9. The van der Waals surface area contributed by atoms with E-state index in [-0.39, 0.29) is 0 Å². The summed E-state index contributed by atoms with van der Waals surface area (Å²) in [6.45, 7) is 37.4. The average Bonchev–Trinajstić information content (AvgIpc) is 1.62. The van der Waals surface area contributed by atoms with Crippen LogP contribution < -0.4 is 76.1 Å². The van der Waals surface area contributed by atoms with Gasteiger partial charge in [0.05, 0.1) is 66.2 Å². The third kappa shape index (κ3) is 22.2. The van der Waals surface area contributed by atoms with Gasteiger partial charge in [-0.15, -0.1) is 0 Å². The van der Waals surface area contributed by atoms with Gasteiger partial charge in [-0.2, -0.15) is 0 Å². The Hall–Kier alpha value is -15.9. The number of nitrogens with one attached hydrogen (secondary N) is 6. The number of benzene rings is 6. The van der Waals surface area contributed by atoms with E-state index in [0.717, 1.165) is 183 Å². The van der Waals surface area contributed by atoms with Crippen molar-refractivity contribution in [1.29, 1.82) is 0 Å². The standard InChI is InChI=1S/C19H25N7.C18H23N7.C17H22N6.C16H20N6.C15H18N6.C14H16N6/c1-12-6-15-16(7-13(12)2)26(19(20)25-15)18-8-17(23-11-24-18)22-10-14-4-3-5-21-9-14;1-11-5-14-15(6-12(11)2)25(18(19)24-14)17-7-16(22-10-23-17)21-9-13-3-4-20-8-13;1-10(2)8-19-15-7-16(21-9-20-15)23-14-6-12(4)11(3)5-13(14)22-17(23)18;1-11(2)9-21(3)14-8-15(19-10-18-14)22-13-7-5-4-6-12(13)20-16(22)17;1-9-5-11-12(6-10(9)2)21(15(16)19-11)14-7-13(20(3)4)17-8-18-14;1-8-4-10-11(5-9(8)2)20(14(15)19-10)13-6-12(16-3)17-7-18-13/h6-8,11,14,21H,3-5,9-10H2,1-2H3,(H2,20,25)(H,22,23,24);5-7,10,13,20H,3-4,8-9H2,1-2H3,(H2,19,24)(H,21,22,23);5-7,9-10H,8H2,1-4H3,(H2,18,22)(H,19,20,21);4-8,10-11H,9H2,1-3H3,(H2,17,20);5-8H,1-4H3,(H2,16,19);4-7H,1-3H3,(H2,15,19)(H,16,17,18)/t;13-;;;;/m.0..../s1. The largest absolute Gasteiger partial charge is 0.373 e. The van der Waals surface area contributed by atoms with Gasteiger partial charge >= 0.3 is 0 Å². The highest BCUT2D eigenvalue weighted by Crippen LogP contribution is 2.34. The van der Waals surface area contributed by atoms with Crippen molar-refractivity contribution in [3.63, 3.8) is 0 Å². The second-order valence-electron chi connectivity index (χ2n) is 36.0. The van der Waals surface area contributed by atoms with E-state index in [2.05, 4.69) is 272 Å². The van der Waals surface area contributed by atoms with Crippen LogP contribution in [-0.2, 0) is 0 Å². The predicted octanol–water partition coefficient (Wildman–Crippen LogP) is 14.2. The van der Waals surface area contributed by atoms with E-state index in [4.69, 9.17) is 34.4 Å². The molecule has 18 aromatic rings. The fourth-order valence-corrected chi connectivity index (χ4v) is 16.4. The van der Waals surface area contributed by atoms with E-state index < -0.39 is 0 Å². The maximum atomic E-state index is 6.19. The Balaban J connectivity index is 0.000000125. The lowest BCUT2D eigenvalue weighted by Gasteiger charge is -2.23. The monoisotopic (exact) mass is 1850 g/mol. The second kappa shape index (κ2) is 42.2. The SMILES string of the molecule is CC(C)CN(C)c1cc(-n2c(N)nc3ccccc32)ncn1.CNc1cc(-n2c(N)nc3cc(C)c(C)cc32)ncn1.Cc1cc2nc(N)n(-c3cc(N(C)C)ncn3)c2cc1C.Cc1cc2nc(N)n(-c3cc(NCC(C)C)ncn3)c2cc1C.Cc1cc2nc(N)n(-c3cc(NCC4CCCNC4)ncn3)c2cc1C.Cc1cc2nc(N)n(-c3cc(NC[C@H]4CCNC4)ncn3)c2cc1C. The first-order valence-corrected chi connectivity index (χ1v) is 45.9. The molecular formula is C99H124N38. The first kappa shape index (κ1) is 95.7. The van der Waals surface area contributed by atoms with Gasteiger partial charge in [0.25, 0.3) is 0 Å². The van der Waals surface area contributed by atoms with Crippen molar-refractivity contribution in [1.82, 2.24) is 128 Å². The van der Waals surface area contributed by atoms with Crippen molar-refractivity contribution < 1.29 is 0 Å². The molecule has 2 aliphatic heterocycles. The minimum Gasteiger partial charge on any atom is -0.373 e. The number of hydrogen-bond acceptors (Lipinski definition) is 32. The number of hydrogen-bond donors (Lipinski definition) is 12. The summed E-state index contributed by atoms with van der Waals surface area (Å²) in [6, 6.07) is 40.0. The molecule has 2 saturated heterocycles. The number of fused-ring (bicyclic) bond motifs is 6. The van der Waals surface area contributed by atoms with Crippen LogP contribution in [0.4, 0.5) is 70.6 Å². The summed E-state index contributed by atoms with van der Waals surface area (Å²) >= 11 is 0. The molecule has 710 valence electrons. The molecule has 2 atom stereocenters. The Morgan fingerprint density at radius 1 is 0.336 bits per heavy atom. The Morgan fingerprint density at radius 3 is 0.985 bits per heavy atom. The Bertz CT molecular complexity index is 7300. The average molecular weight is 1850 g/mol. The van der Waals surface area contributed by atoms with Crippen molar-refractivity contribution in [3.05, 3.63) is 215 Å². The van der Waals surface area contributed by atoms with Gasteiger partial charge in [0.1, 0.15) is 108 Å². The molecule has 2 fully saturated rings. The number of aryl methyl sites for hydroxylation is 10. The van der Waals surface area contributed by atoms with Crippen LogP contribution in [-0.4, -0.2) is 198 Å². The molecule has 38 nitrogen and oxygen atoms in total. The summed E-state index contributed by atoms with van der Waals surface area (Å²) in [6.07, 6.45) is 13.0. The molecule has 137 heavy (non-hydrogen) atoms. The molecule has 6 aromatic carbocycles. The summed E-state index contributed by atoms with van der Waals surface area (Å²) in [5.41, 5.74) is 59.7. The fraction of sp³-hybridized carbons (Fsp3) is 0.333. The lowest BCUT2D eigenvalue weighted by atomic mass is 10.00. The van der Waals surface area contributed by atoms with E-state index in [1.165, 1.54) is 87.6 Å². The highest BCUT2D eigenvalue weighted by Gasteiger charge is 2.23. The first-order chi connectivity index (χ1) is 65.8. The highest BCUT2D eigenvalue weighted by atomic mass is 15.3. The number of nitrogen functional groups attached to an aromatic ring is 6. The smallest absolute Gasteiger partial charge is 0.207 e. The zero-order valence-corrected chi connectivity index (χ0v) is 81.2. The molecule has 12 aromatic heterocycles. The van der Waals surface area contributed by atoms with Gasteiger partial charge in [0.2, 0.25) is 35.7 Å². The van der Waals surface area contributed by atoms with Crippen LogP contribution in [0.15, 0.2) is 159 Å². The summed E-state index contributed by atoms with van der Waals surface area (Å²) in [5, 5.41) is 20.0. The number of nitrogens with zero attached hydrogens (tertiary/aromatic N) is 26. The van der Waals surface area contributed by atoms with Gasteiger partial charge in [-0.05, 0) is 267 Å². The van der Waals surface area contributed by atoms with Gasteiger partial charge < -0.3 is 76.1 Å². The van der Waals surface area contributed by atoms with Crippen LogP contribution in [0.1, 0.15) is 103 Å². The third-order valence-electron chi connectivity index (χ3n) is 24.5. The zero-order chi connectivity index (χ0) is 97.2. The molecule has 14 heterocycles. The predicted molar refractivity (Wildman–Crippen MR) is 553 cm³/mol. The molecular weight excluding hydrogens is 1720 g/mol. The topological polar surface area (TPSA) is 496 Å². The summed E-state index contributed by atoms with van der Waals surface area (Å²) in [7, 11) is 7.72. The number of rotatable bonds is 20. The van der Waals surface area contributed by atoms with E-state index >= 15 is 0 Å². The number of piperidine rings is 1. The Labute approximate surface area is 796 Å². The van der Waals surface area contributed by atoms with Crippen molar-refractivity contribution in [2.45, 2.75) is 116 Å². The van der Waals surface area contributed by atoms with Gasteiger partial charge in [-0.3, -0.25) is 27.4 Å². The number of nitrogens with two attached hydrogens (primary N) is 6. The van der Waals surface area contributed by atoms with Crippen LogP contribution in [0.3, 0.4) is 0 Å². The minimum atomic E-state index is 0.422. The summed E-state index contributed by atoms with van der Waals surface area (Å²) in [4.78, 5) is 82.5. The normalized spacial score (nSPS) is 13.5. The van der Waals surface area contributed by atoms with Gasteiger partial charge in [0.15, 0.2) is 0 Å². The van der Waals surface area contributed by atoms with Crippen LogP contribution in [0.25, 0.3) is 101 Å². The van der Waals surface area contributed by atoms with Gasteiger partial charge in [0, 0.05) is 90.8 Å². The van der Waals surface area contributed by atoms with Crippen molar-refractivity contribution in [3.8, 4) is 34.9 Å². The zero-order valence-electron chi connectivity index (χ0n) is 81.2. The minimum absolute atomic E-state index is 0.422. The molecule has 0 saturated carbocycles. The number of para-hydroxylation sites is 2. The van der Waals surface area contributed by atoms with Crippen LogP contribution in [0.5, 0.6) is 0 Å². The molecule has 0 aliphatic carbocycles. The maximum Gasteiger partial charge on any atom is 0.207 e. The van der Waals surface area contributed by atoms with E-state index in [0.29, 0.717) is 65.2 Å². The molecule has 0 spiro atoms. The molecule has 2 aliphatic rings. The lowest BCUT2D eigenvalue weighted by Crippen LogP contribution is -2.33. The van der Waals surface area contributed by atoms with Crippen molar-refractivity contribution in [2.75, 3.05) is 146 Å². The lowest BCUT2D eigenvalue weighted by molar-refractivity contribution is 0.392.